The topological polar surface area (TPSA) is 61.4 Å². The molecule has 1 aromatic rings. The van der Waals surface area contributed by atoms with Gasteiger partial charge in [-0.3, -0.25) is 9.59 Å². The molecule has 27 heavy (non-hydrogen) atoms. The monoisotopic (exact) mass is 369 g/mol. The minimum Gasteiger partial charge on any atom is -0.347 e. The number of hydrogen-bond donors (Lipinski definition) is 2. The van der Waals surface area contributed by atoms with E-state index in [4.69, 9.17) is 0 Å². The van der Waals surface area contributed by atoms with E-state index in [-0.39, 0.29) is 17.9 Å². The first-order valence-electron chi connectivity index (χ1n) is 10.6. The Labute approximate surface area is 161 Å². The molecule has 0 unspecified atom stereocenters. The van der Waals surface area contributed by atoms with Crippen LogP contribution >= 0.6 is 0 Å². The lowest BCUT2D eigenvalue weighted by molar-refractivity contribution is -0.135. The zero-order chi connectivity index (χ0) is 18.6. The van der Waals surface area contributed by atoms with Crippen molar-refractivity contribution < 1.29 is 9.59 Å². The Kier molecular flexibility index (Phi) is 5.77. The van der Waals surface area contributed by atoms with Gasteiger partial charge in [0.1, 0.15) is 0 Å². The lowest BCUT2D eigenvalue weighted by Crippen LogP contribution is -2.40. The van der Waals surface area contributed by atoms with Crippen LogP contribution in [0.2, 0.25) is 0 Å². The molecule has 0 spiro atoms. The van der Waals surface area contributed by atoms with Gasteiger partial charge in [-0.1, -0.05) is 25.3 Å². The number of hydrogen-bond acceptors (Lipinski definition) is 3. The maximum Gasteiger partial charge on any atom is 0.251 e. The van der Waals surface area contributed by atoms with Gasteiger partial charge in [-0.25, -0.2) is 0 Å². The third-order valence-corrected chi connectivity index (χ3v) is 6.40. The maximum atomic E-state index is 12.7. The normalized spacial score (nSPS) is 23.6. The summed E-state index contributed by atoms with van der Waals surface area (Å²) in [6, 6.07) is 6.17. The Hall–Kier alpha value is -1.88. The molecule has 5 heteroatoms. The average Bonchev–Trinajstić information content (AvgIpc) is 3.03. The fourth-order valence-corrected chi connectivity index (χ4v) is 4.77. The largest absolute Gasteiger partial charge is 0.347 e. The number of fused-ring (bicyclic) bond motifs is 1. The first-order valence-corrected chi connectivity index (χ1v) is 10.6. The van der Waals surface area contributed by atoms with Crippen molar-refractivity contribution in [3.8, 4) is 0 Å². The number of rotatable bonds is 3. The standard InChI is InChI=1S/C22H31N3O2/c26-21(19-7-6-16-8-11-23-12-9-18(16)14-19)24-20-10-13-25(15-20)22(27)17-4-2-1-3-5-17/h6-7,14,17,20,23H,1-5,8-13,15H2,(H,24,26)/t20-/m1/s1. The van der Waals surface area contributed by atoms with Crippen molar-refractivity contribution >= 4 is 11.8 Å². The average molecular weight is 370 g/mol. The molecule has 2 heterocycles. The molecule has 0 bridgehead atoms. The molecule has 1 atom stereocenters. The van der Waals surface area contributed by atoms with Gasteiger partial charge < -0.3 is 15.5 Å². The van der Waals surface area contributed by atoms with E-state index < -0.39 is 0 Å². The molecule has 0 radical (unpaired) electrons. The van der Waals surface area contributed by atoms with Crippen molar-refractivity contribution in [1.82, 2.24) is 15.5 Å². The van der Waals surface area contributed by atoms with Crippen LogP contribution < -0.4 is 10.6 Å². The Morgan fingerprint density at radius 3 is 2.59 bits per heavy atom. The maximum absolute atomic E-state index is 12.7. The van der Waals surface area contributed by atoms with Gasteiger partial charge in [-0.05, 0) is 68.5 Å². The quantitative estimate of drug-likeness (QED) is 0.859. The third kappa shape index (κ3) is 4.34. The van der Waals surface area contributed by atoms with Crippen LogP contribution in [0.1, 0.15) is 60.0 Å². The molecule has 3 aliphatic rings. The second-order valence-electron chi connectivity index (χ2n) is 8.31. The number of carbonyl (C=O) groups excluding carboxylic acids is 2. The van der Waals surface area contributed by atoms with Crippen LogP contribution in [0.25, 0.3) is 0 Å². The van der Waals surface area contributed by atoms with Crippen molar-refractivity contribution in [3.05, 3.63) is 34.9 Å². The van der Waals surface area contributed by atoms with Gasteiger partial charge >= 0.3 is 0 Å². The van der Waals surface area contributed by atoms with Gasteiger partial charge in [0, 0.05) is 30.6 Å². The Balaban J connectivity index is 1.33. The first-order chi connectivity index (χ1) is 13.2. The lowest BCUT2D eigenvalue weighted by atomic mass is 9.88. The predicted octanol–water partition coefficient (Wildman–Crippen LogP) is 2.29. The molecule has 1 saturated carbocycles. The Morgan fingerprint density at radius 1 is 1.00 bits per heavy atom. The van der Waals surface area contributed by atoms with Crippen molar-refractivity contribution in [2.24, 2.45) is 5.92 Å². The summed E-state index contributed by atoms with van der Waals surface area (Å²) in [4.78, 5) is 27.4. The summed E-state index contributed by atoms with van der Waals surface area (Å²) in [5, 5.41) is 6.56. The zero-order valence-corrected chi connectivity index (χ0v) is 16.1. The smallest absolute Gasteiger partial charge is 0.251 e. The van der Waals surface area contributed by atoms with E-state index in [0.717, 1.165) is 57.3 Å². The molecule has 1 saturated heterocycles. The van der Waals surface area contributed by atoms with Crippen LogP contribution in [-0.2, 0) is 17.6 Å². The van der Waals surface area contributed by atoms with Gasteiger partial charge in [0.15, 0.2) is 0 Å². The molecule has 2 amide bonds. The molecule has 5 nitrogen and oxygen atoms in total. The van der Waals surface area contributed by atoms with Gasteiger partial charge in [-0.2, -0.15) is 0 Å². The summed E-state index contributed by atoms with van der Waals surface area (Å²) in [5.74, 6) is 0.516. The SMILES string of the molecule is O=C(N[C@@H]1CCN(C(=O)C2CCCCC2)C1)c1ccc2c(c1)CCNCC2. The highest BCUT2D eigenvalue weighted by Gasteiger charge is 2.32. The van der Waals surface area contributed by atoms with E-state index in [2.05, 4.69) is 22.8 Å². The highest BCUT2D eigenvalue weighted by Crippen LogP contribution is 2.27. The molecule has 1 aliphatic carbocycles. The van der Waals surface area contributed by atoms with Crippen LogP contribution in [0.15, 0.2) is 18.2 Å². The van der Waals surface area contributed by atoms with Crippen LogP contribution in [0.3, 0.4) is 0 Å². The lowest BCUT2D eigenvalue weighted by Gasteiger charge is -2.26. The van der Waals surface area contributed by atoms with E-state index in [1.807, 2.05) is 11.0 Å². The molecular formula is C22H31N3O2. The number of nitrogens with zero attached hydrogens (tertiary/aromatic N) is 1. The second-order valence-corrected chi connectivity index (χ2v) is 8.31. The summed E-state index contributed by atoms with van der Waals surface area (Å²) in [7, 11) is 0. The van der Waals surface area contributed by atoms with Crippen LogP contribution in [0, 0.1) is 5.92 Å². The van der Waals surface area contributed by atoms with E-state index >= 15 is 0 Å². The Bertz CT molecular complexity index is 697. The minimum atomic E-state index is -0.00743. The number of nitrogens with one attached hydrogen (secondary N) is 2. The van der Waals surface area contributed by atoms with E-state index in [0.29, 0.717) is 12.5 Å². The van der Waals surface area contributed by atoms with Gasteiger partial charge in [0.25, 0.3) is 5.91 Å². The molecule has 2 fully saturated rings. The minimum absolute atomic E-state index is 0.00743. The number of amides is 2. The predicted molar refractivity (Wildman–Crippen MR) is 106 cm³/mol. The zero-order valence-electron chi connectivity index (χ0n) is 16.1. The number of benzene rings is 1. The van der Waals surface area contributed by atoms with E-state index in [9.17, 15) is 9.59 Å². The number of likely N-dealkylation sites (tertiary alicyclic amines) is 1. The van der Waals surface area contributed by atoms with E-state index in [1.165, 1.54) is 30.4 Å². The highest BCUT2D eigenvalue weighted by atomic mass is 16.2. The molecule has 2 N–H and O–H groups in total. The summed E-state index contributed by atoms with van der Waals surface area (Å²) in [6.07, 6.45) is 8.56. The van der Waals surface area contributed by atoms with Crippen LogP contribution in [-0.4, -0.2) is 48.9 Å². The fraction of sp³-hybridized carbons (Fsp3) is 0.636. The summed E-state index contributed by atoms with van der Waals surface area (Å²) in [6.45, 7) is 3.41. The molecule has 1 aromatic carbocycles. The first kappa shape index (κ1) is 18.5. The van der Waals surface area contributed by atoms with Crippen molar-refractivity contribution in [3.63, 3.8) is 0 Å². The molecule has 4 rings (SSSR count). The van der Waals surface area contributed by atoms with Crippen molar-refractivity contribution in [2.75, 3.05) is 26.2 Å². The van der Waals surface area contributed by atoms with Gasteiger partial charge in [0.2, 0.25) is 5.91 Å². The second kappa shape index (κ2) is 8.42. The van der Waals surface area contributed by atoms with Crippen LogP contribution in [0.5, 0.6) is 0 Å². The third-order valence-electron chi connectivity index (χ3n) is 6.40. The fourth-order valence-electron chi connectivity index (χ4n) is 4.77. The number of carbonyl (C=O) groups is 2. The summed E-state index contributed by atoms with van der Waals surface area (Å²) >= 11 is 0. The van der Waals surface area contributed by atoms with Gasteiger partial charge in [-0.15, -0.1) is 0 Å². The molecule has 0 aromatic heterocycles. The molecule has 2 aliphatic heterocycles. The van der Waals surface area contributed by atoms with Crippen molar-refractivity contribution in [1.29, 1.82) is 0 Å². The summed E-state index contributed by atoms with van der Waals surface area (Å²) in [5.41, 5.74) is 3.38. The molecular weight excluding hydrogens is 338 g/mol. The highest BCUT2D eigenvalue weighted by molar-refractivity contribution is 5.94. The van der Waals surface area contributed by atoms with Gasteiger partial charge in [0.05, 0.1) is 0 Å². The summed E-state index contributed by atoms with van der Waals surface area (Å²) < 4.78 is 0. The molecule has 146 valence electrons. The Morgan fingerprint density at radius 2 is 1.78 bits per heavy atom. The van der Waals surface area contributed by atoms with Crippen LogP contribution in [0.4, 0.5) is 0 Å². The van der Waals surface area contributed by atoms with Crippen molar-refractivity contribution in [2.45, 2.75) is 57.4 Å². The van der Waals surface area contributed by atoms with E-state index in [1.54, 1.807) is 0 Å².